The molecule has 0 aliphatic rings. The summed E-state index contributed by atoms with van der Waals surface area (Å²) >= 11 is 1.90. The Morgan fingerprint density at radius 1 is 1.25 bits per heavy atom. The molecule has 0 aliphatic heterocycles. The van der Waals surface area contributed by atoms with Gasteiger partial charge in [-0.25, -0.2) is 0 Å². The second-order valence-corrected chi connectivity index (χ2v) is 5.36. The van der Waals surface area contributed by atoms with E-state index in [1.807, 2.05) is 11.8 Å². The summed E-state index contributed by atoms with van der Waals surface area (Å²) in [4.78, 5) is 0. The van der Waals surface area contributed by atoms with E-state index in [4.69, 9.17) is 0 Å². The molecule has 1 nitrogen and oxygen atoms in total. The molecule has 1 N–H and O–H groups in total. The Morgan fingerprint density at radius 3 is 2.56 bits per heavy atom. The minimum atomic E-state index is 0.619. The molecule has 16 heavy (non-hydrogen) atoms. The van der Waals surface area contributed by atoms with Crippen molar-refractivity contribution < 1.29 is 0 Å². The normalized spacial score (nSPS) is 12.7. The number of thioether (sulfide) groups is 1. The topological polar surface area (TPSA) is 12.0 Å². The van der Waals surface area contributed by atoms with Crippen LogP contribution in [0.25, 0.3) is 0 Å². The van der Waals surface area contributed by atoms with E-state index in [9.17, 15) is 0 Å². The van der Waals surface area contributed by atoms with E-state index in [-0.39, 0.29) is 0 Å². The number of nitrogens with one attached hydrogen (secondary N) is 1. The van der Waals surface area contributed by atoms with Crippen LogP contribution in [0.5, 0.6) is 0 Å². The fourth-order valence-corrected chi connectivity index (χ4v) is 1.97. The summed E-state index contributed by atoms with van der Waals surface area (Å²) in [6.45, 7) is 5.53. The second-order valence-electron chi connectivity index (χ2n) is 4.37. The third-order valence-electron chi connectivity index (χ3n) is 2.79. The van der Waals surface area contributed by atoms with Crippen LogP contribution >= 0.6 is 11.8 Å². The van der Waals surface area contributed by atoms with Gasteiger partial charge in [0.25, 0.3) is 0 Å². The molecular weight excluding hydrogens is 214 g/mol. The second kappa shape index (κ2) is 7.75. The first-order chi connectivity index (χ1) is 7.72. The molecule has 0 aromatic heterocycles. The van der Waals surface area contributed by atoms with Crippen LogP contribution in [0.2, 0.25) is 0 Å². The van der Waals surface area contributed by atoms with Crippen LogP contribution in [0.4, 0.5) is 0 Å². The van der Waals surface area contributed by atoms with Crippen LogP contribution in [-0.2, 0) is 6.42 Å². The van der Waals surface area contributed by atoms with Crippen molar-refractivity contribution >= 4 is 11.8 Å². The van der Waals surface area contributed by atoms with Crippen molar-refractivity contribution in [3.05, 3.63) is 35.4 Å². The fourth-order valence-electron chi connectivity index (χ4n) is 1.65. The Kier molecular flexibility index (Phi) is 6.58. The molecule has 0 bridgehead atoms. The van der Waals surface area contributed by atoms with E-state index < -0.39 is 0 Å². The molecule has 0 aliphatic carbocycles. The maximum atomic E-state index is 3.54. The lowest BCUT2D eigenvalue weighted by molar-refractivity contribution is 0.533. The van der Waals surface area contributed by atoms with E-state index in [2.05, 4.69) is 49.7 Å². The van der Waals surface area contributed by atoms with Gasteiger partial charge in [0.2, 0.25) is 0 Å². The van der Waals surface area contributed by atoms with Crippen LogP contribution in [0.15, 0.2) is 24.3 Å². The average molecular weight is 237 g/mol. The van der Waals surface area contributed by atoms with Crippen LogP contribution in [0.1, 0.15) is 24.5 Å². The van der Waals surface area contributed by atoms with Crippen LogP contribution in [0.3, 0.4) is 0 Å². The Hall–Kier alpha value is -0.470. The Morgan fingerprint density at radius 2 is 1.94 bits per heavy atom. The highest BCUT2D eigenvalue weighted by molar-refractivity contribution is 7.98. The van der Waals surface area contributed by atoms with Crippen molar-refractivity contribution in [1.29, 1.82) is 0 Å². The number of hydrogen-bond acceptors (Lipinski definition) is 2. The fraction of sp³-hybridized carbons (Fsp3) is 0.571. The predicted molar refractivity (Wildman–Crippen MR) is 75.3 cm³/mol. The SMILES string of the molecule is CSCCNC(C)CCc1ccc(C)cc1. The van der Waals surface area contributed by atoms with Crippen LogP contribution < -0.4 is 5.32 Å². The molecule has 90 valence electrons. The summed E-state index contributed by atoms with van der Waals surface area (Å²) < 4.78 is 0. The summed E-state index contributed by atoms with van der Waals surface area (Å²) in [5.41, 5.74) is 2.79. The molecule has 0 spiro atoms. The number of hydrogen-bond donors (Lipinski definition) is 1. The molecule has 1 aromatic rings. The highest BCUT2D eigenvalue weighted by Gasteiger charge is 2.01. The van der Waals surface area contributed by atoms with Gasteiger partial charge in [-0.3, -0.25) is 0 Å². The van der Waals surface area contributed by atoms with Gasteiger partial charge in [0.05, 0.1) is 0 Å². The van der Waals surface area contributed by atoms with Gasteiger partial charge < -0.3 is 5.32 Å². The van der Waals surface area contributed by atoms with Gasteiger partial charge >= 0.3 is 0 Å². The zero-order valence-corrected chi connectivity index (χ0v) is 11.4. The Balaban J connectivity index is 2.20. The third kappa shape index (κ3) is 5.57. The van der Waals surface area contributed by atoms with Gasteiger partial charge in [0.1, 0.15) is 0 Å². The molecular formula is C14H23NS. The standard InChI is InChI=1S/C14H23NS/c1-12-4-7-14(8-5-12)9-6-13(2)15-10-11-16-3/h4-5,7-8,13,15H,6,9-11H2,1-3H3. The summed E-state index contributed by atoms with van der Waals surface area (Å²) in [5, 5.41) is 3.54. The summed E-state index contributed by atoms with van der Waals surface area (Å²) in [6.07, 6.45) is 4.55. The molecule has 0 heterocycles. The third-order valence-corrected chi connectivity index (χ3v) is 3.40. The molecule has 0 fully saturated rings. The highest BCUT2D eigenvalue weighted by Crippen LogP contribution is 2.07. The number of aryl methyl sites for hydroxylation is 2. The van der Waals surface area contributed by atoms with E-state index >= 15 is 0 Å². The minimum absolute atomic E-state index is 0.619. The zero-order chi connectivity index (χ0) is 11.8. The first-order valence-electron chi connectivity index (χ1n) is 6.00. The molecule has 0 saturated carbocycles. The average Bonchev–Trinajstić information content (AvgIpc) is 2.29. The maximum Gasteiger partial charge on any atom is 0.00554 e. The van der Waals surface area contributed by atoms with Gasteiger partial charge in [-0.05, 0) is 38.5 Å². The lowest BCUT2D eigenvalue weighted by atomic mass is 10.0. The molecule has 0 radical (unpaired) electrons. The van der Waals surface area contributed by atoms with Crippen molar-refractivity contribution in [3.8, 4) is 0 Å². The smallest absolute Gasteiger partial charge is 0.00554 e. The van der Waals surface area contributed by atoms with E-state index in [0.29, 0.717) is 6.04 Å². The van der Waals surface area contributed by atoms with Crippen molar-refractivity contribution in [2.24, 2.45) is 0 Å². The lowest BCUT2D eigenvalue weighted by Gasteiger charge is -2.13. The van der Waals surface area contributed by atoms with Gasteiger partial charge in [-0.15, -0.1) is 0 Å². The molecule has 1 rings (SSSR count). The molecule has 1 aromatic carbocycles. The van der Waals surface area contributed by atoms with Crippen molar-refractivity contribution in [2.45, 2.75) is 32.7 Å². The molecule has 1 atom stereocenters. The van der Waals surface area contributed by atoms with Gasteiger partial charge in [-0.2, -0.15) is 11.8 Å². The predicted octanol–water partition coefficient (Wildman–Crippen LogP) is 3.27. The molecule has 0 saturated heterocycles. The van der Waals surface area contributed by atoms with E-state index in [0.717, 1.165) is 6.54 Å². The van der Waals surface area contributed by atoms with E-state index in [1.54, 1.807) is 0 Å². The van der Waals surface area contributed by atoms with Crippen molar-refractivity contribution in [3.63, 3.8) is 0 Å². The van der Waals surface area contributed by atoms with Gasteiger partial charge in [-0.1, -0.05) is 29.8 Å². The molecule has 0 amide bonds. The highest BCUT2D eigenvalue weighted by atomic mass is 32.2. The first kappa shape index (κ1) is 13.6. The summed E-state index contributed by atoms with van der Waals surface area (Å²) in [7, 11) is 0. The van der Waals surface area contributed by atoms with Crippen LogP contribution in [0, 0.1) is 6.92 Å². The summed E-state index contributed by atoms with van der Waals surface area (Å²) in [5.74, 6) is 1.20. The quantitative estimate of drug-likeness (QED) is 0.731. The summed E-state index contributed by atoms with van der Waals surface area (Å²) in [6, 6.07) is 9.49. The van der Waals surface area contributed by atoms with Crippen molar-refractivity contribution in [1.82, 2.24) is 5.32 Å². The lowest BCUT2D eigenvalue weighted by Crippen LogP contribution is -2.28. The number of rotatable bonds is 7. The monoisotopic (exact) mass is 237 g/mol. The largest absolute Gasteiger partial charge is 0.313 e. The van der Waals surface area contributed by atoms with Gasteiger partial charge in [0, 0.05) is 18.3 Å². The molecule has 2 heteroatoms. The van der Waals surface area contributed by atoms with Crippen LogP contribution in [-0.4, -0.2) is 24.6 Å². The van der Waals surface area contributed by atoms with E-state index in [1.165, 1.54) is 29.7 Å². The Labute approximate surface area is 104 Å². The number of benzene rings is 1. The van der Waals surface area contributed by atoms with Crippen molar-refractivity contribution in [2.75, 3.05) is 18.6 Å². The van der Waals surface area contributed by atoms with Gasteiger partial charge in [0.15, 0.2) is 0 Å². The zero-order valence-electron chi connectivity index (χ0n) is 10.6. The first-order valence-corrected chi connectivity index (χ1v) is 7.39. The molecule has 1 unspecified atom stereocenters. The maximum absolute atomic E-state index is 3.54. The minimum Gasteiger partial charge on any atom is -0.313 e. The Bertz CT molecular complexity index is 281.